The molecule has 1 aromatic carbocycles. The van der Waals surface area contributed by atoms with Gasteiger partial charge in [0.2, 0.25) is 5.88 Å². The van der Waals surface area contributed by atoms with Gasteiger partial charge in [-0.15, -0.1) is 33.4 Å². The van der Waals surface area contributed by atoms with Crippen LogP contribution in [0.2, 0.25) is 0 Å². The maximum Gasteiger partial charge on any atom is 0.273 e. The molecule has 1 aromatic heterocycles. The molecule has 2 N–H and O–H groups in total. The van der Waals surface area contributed by atoms with Crippen LogP contribution in [0, 0.1) is 5.41 Å². The Kier molecular flexibility index (Phi) is 3.31. The molecule has 110 valence electrons. The van der Waals surface area contributed by atoms with Gasteiger partial charge < -0.3 is 10.1 Å². The lowest BCUT2D eigenvalue weighted by atomic mass is 10.1. The minimum absolute atomic E-state index is 0.155. The SMILES string of the molecule is CC1(C(=O)N=Nc2c(O)[nH]c3cccc(Br)c23)CC1(Cl)Cl. The van der Waals surface area contributed by atoms with Crippen molar-refractivity contribution in [3.63, 3.8) is 0 Å². The molecule has 1 aliphatic carbocycles. The van der Waals surface area contributed by atoms with E-state index in [1.54, 1.807) is 19.1 Å². The van der Waals surface area contributed by atoms with Crippen LogP contribution in [-0.2, 0) is 4.79 Å². The Balaban J connectivity index is 1.98. The number of hydrogen-bond acceptors (Lipinski definition) is 3. The fourth-order valence-corrected chi connectivity index (χ4v) is 3.36. The quantitative estimate of drug-likeness (QED) is 0.568. The lowest BCUT2D eigenvalue weighted by Crippen LogP contribution is -2.15. The minimum Gasteiger partial charge on any atom is -0.493 e. The number of carbonyl (C=O) groups excluding carboxylic acids is 1. The van der Waals surface area contributed by atoms with E-state index in [-0.39, 0.29) is 11.6 Å². The van der Waals surface area contributed by atoms with Gasteiger partial charge >= 0.3 is 0 Å². The summed E-state index contributed by atoms with van der Waals surface area (Å²) in [5.74, 6) is -0.661. The minimum atomic E-state index is -1.09. The summed E-state index contributed by atoms with van der Waals surface area (Å²) in [6.45, 7) is 1.64. The van der Waals surface area contributed by atoms with E-state index in [9.17, 15) is 9.90 Å². The summed E-state index contributed by atoms with van der Waals surface area (Å²) >= 11 is 15.2. The number of rotatable bonds is 2. The summed E-state index contributed by atoms with van der Waals surface area (Å²) in [4.78, 5) is 14.8. The Labute approximate surface area is 138 Å². The second-order valence-corrected chi connectivity index (χ2v) is 7.54. The van der Waals surface area contributed by atoms with E-state index in [1.807, 2.05) is 6.07 Å². The number of nitrogens with zero attached hydrogens (tertiary/aromatic N) is 2. The molecular formula is C13H10BrCl2N3O2. The zero-order valence-corrected chi connectivity index (χ0v) is 13.9. The Bertz CT molecular complexity index is 787. The molecule has 0 radical (unpaired) electrons. The number of hydrogen-bond donors (Lipinski definition) is 2. The van der Waals surface area contributed by atoms with Gasteiger partial charge in [-0.05, 0) is 25.5 Å². The zero-order valence-electron chi connectivity index (χ0n) is 10.8. The van der Waals surface area contributed by atoms with Gasteiger partial charge in [0.25, 0.3) is 5.91 Å². The highest BCUT2D eigenvalue weighted by atomic mass is 79.9. The summed E-state index contributed by atoms with van der Waals surface area (Å²) in [5.41, 5.74) is -0.0340. The summed E-state index contributed by atoms with van der Waals surface area (Å²) in [6.07, 6.45) is 0.338. The summed E-state index contributed by atoms with van der Waals surface area (Å²) < 4.78 is -0.356. The third-order valence-corrected chi connectivity index (χ3v) is 5.46. The summed E-state index contributed by atoms with van der Waals surface area (Å²) in [7, 11) is 0. The number of amides is 1. The van der Waals surface area contributed by atoms with Gasteiger partial charge in [-0.3, -0.25) is 4.79 Å². The maximum absolute atomic E-state index is 12.0. The monoisotopic (exact) mass is 389 g/mol. The first kappa shape index (κ1) is 14.8. The highest BCUT2D eigenvalue weighted by molar-refractivity contribution is 9.10. The fraction of sp³-hybridized carbons (Fsp3) is 0.308. The molecule has 0 aliphatic heterocycles. The molecule has 1 amide bonds. The second kappa shape index (κ2) is 4.69. The third-order valence-electron chi connectivity index (χ3n) is 3.70. The Morgan fingerprint density at radius 2 is 2.14 bits per heavy atom. The number of aromatic hydroxyl groups is 1. The van der Waals surface area contributed by atoms with E-state index in [2.05, 4.69) is 31.1 Å². The number of aromatic amines is 1. The van der Waals surface area contributed by atoms with E-state index in [0.29, 0.717) is 17.3 Å². The van der Waals surface area contributed by atoms with Crippen molar-refractivity contribution >= 4 is 61.6 Å². The van der Waals surface area contributed by atoms with Gasteiger partial charge in [-0.25, -0.2) is 0 Å². The molecule has 1 fully saturated rings. The van der Waals surface area contributed by atoms with Crippen molar-refractivity contribution in [3.05, 3.63) is 22.7 Å². The smallest absolute Gasteiger partial charge is 0.273 e. The molecule has 0 spiro atoms. The number of nitrogens with one attached hydrogen (secondary N) is 1. The van der Waals surface area contributed by atoms with Crippen LogP contribution in [0.4, 0.5) is 5.69 Å². The lowest BCUT2D eigenvalue weighted by Gasteiger charge is -2.04. The number of alkyl halides is 2. The molecule has 5 nitrogen and oxygen atoms in total. The van der Waals surface area contributed by atoms with Crippen molar-refractivity contribution in [1.82, 2.24) is 4.98 Å². The van der Waals surface area contributed by atoms with Gasteiger partial charge in [-0.1, -0.05) is 22.0 Å². The molecule has 1 unspecified atom stereocenters. The molecule has 1 heterocycles. The molecule has 1 saturated carbocycles. The normalized spacial score (nSPS) is 23.8. The molecule has 8 heteroatoms. The molecule has 1 aliphatic rings. The lowest BCUT2D eigenvalue weighted by molar-refractivity contribution is -0.122. The van der Waals surface area contributed by atoms with Crippen LogP contribution in [0.3, 0.4) is 0 Å². The Morgan fingerprint density at radius 1 is 1.48 bits per heavy atom. The average Bonchev–Trinajstić information content (AvgIpc) is 2.76. The fourth-order valence-electron chi connectivity index (χ4n) is 2.11. The third kappa shape index (κ3) is 2.25. The number of H-pyrrole nitrogens is 1. The molecule has 0 bridgehead atoms. The number of halogens is 3. The highest BCUT2D eigenvalue weighted by Crippen LogP contribution is 2.64. The zero-order chi connectivity index (χ0) is 15.4. The van der Waals surface area contributed by atoms with Crippen molar-refractivity contribution in [3.8, 4) is 5.88 Å². The van der Waals surface area contributed by atoms with Crippen LogP contribution >= 0.6 is 39.1 Å². The topological polar surface area (TPSA) is 77.8 Å². The largest absolute Gasteiger partial charge is 0.493 e. The number of azo groups is 1. The van der Waals surface area contributed by atoms with Crippen molar-refractivity contribution in [2.75, 3.05) is 0 Å². The van der Waals surface area contributed by atoms with Crippen LogP contribution in [0.1, 0.15) is 13.3 Å². The molecule has 0 saturated heterocycles. The van der Waals surface area contributed by atoms with Crippen molar-refractivity contribution < 1.29 is 9.90 Å². The van der Waals surface area contributed by atoms with Crippen molar-refractivity contribution in [2.45, 2.75) is 17.7 Å². The number of aromatic nitrogens is 1. The van der Waals surface area contributed by atoms with Crippen molar-refractivity contribution in [2.24, 2.45) is 15.6 Å². The predicted octanol–water partition coefficient (Wildman–Crippen LogP) is 4.83. The Morgan fingerprint density at radius 3 is 2.76 bits per heavy atom. The number of benzene rings is 1. The maximum atomic E-state index is 12.0. The number of fused-ring (bicyclic) bond motifs is 1. The van der Waals surface area contributed by atoms with E-state index in [1.165, 1.54) is 0 Å². The predicted molar refractivity (Wildman–Crippen MR) is 84.3 cm³/mol. The van der Waals surface area contributed by atoms with Crippen LogP contribution in [-0.4, -0.2) is 20.3 Å². The molecular weight excluding hydrogens is 381 g/mol. The first-order chi connectivity index (χ1) is 9.76. The van der Waals surface area contributed by atoms with Crippen LogP contribution in [0.15, 0.2) is 32.9 Å². The van der Waals surface area contributed by atoms with E-state index in [4.69, 9.17) is 23.2 Å². The number of carbonyl (C=O) groups is 1. The Hall–Kier alpha value is -1.11. The summed E-state index contributed by atoms with van der Waals surface area (Å²) in [5, 5.41) is 18.1. The first-order valence-corrected chi connectivity index (χ1v) is 7.64. The van der Waals surface area contributed by atoms with Crippen molar-refractivity contribution in [1.29, 1.82) is 0 Å². The van der Waals surface area contributed by atoms with Crippen LogP contribution < -0.4 is 0 Å². The van der Waals surface area contributed by atoms with Gasteiger partial charge in [0, 0.05) is 9.86 Å². The van der Waals surface area contributed by atoms with Gasteiger partial charge in [0.1, 0.15) is 4.33 Å². The first-order valence-electron chi connectivity index (χ1n) is 6.09. The molecule has 2 aromatic rings. The molecule has 3 rings (SSSR count). The van der Waals surface area contributed by atoms with Gasteiger partial charge in [-0.2, -0.15) is 0 Å². The summed E-state index contributed by atoms with van der Waals surface area (Å²) in [6, 6.07) is 5.40. The highest BCUT2D eigenvalue weighted by Gasteiger charge is 2.68. The van der Waals surface area contributed by atoms with E-state index >= 15 is 0 Å². The molecule has 1 atom stereocenters. The van der Waals surface area contributed by atoms with E-state index < -0.39 is 15.7 Å². The standard InChI is InChI=1S/C13H10BrCl2N3O2/c1-12(5-13(12,15)16)11(21)19-18-9-8-6(14)3-2-4-7(8)17-10(9)20/h2-4,17,20H,5H2,1H3. The van der Waals surface area contributed by atoms with Crippen LogP contribution in [0.25, 0.3) is 10.9 Å². The average molecular weight is 391 g/mol. The van der Waals surface area contributed by atoms with Gasteiger partial charge in [0.15, 0.2) is 5.69 Å². The van der Waals surface area contributed by atoms with Crippen LogP contribution in [0.5, 0.6) is 5.88 Å². The second-order valence-electron chi connectivity index (χ2n) is 5.20. The van der Waals surface area contributed by atoms with Gasteiger partial charge in [0.05, 0.1) is 10.9 Å². The molecule has 21 heavy (non-hydrogen) atoms. The van der Waals surface area contributed by atoms with E-state index in [0.717, 1.165) is 4.47 Å².